The van der Waals surface area contributed by atoms with Gasteiger partial charge in [0.05, 0.1) is 18.8 Å². The van der Waals surface area contributed by atoms with Gasteiger partial charge in [0.25, 0.3) is 0 Å². The molecule has 230 valence electrons. The Morgan fingerprint density at radius 3 is 2.60 bits per heavy atom. The number of aromatic nitrogens is 2. The quantitative estimate of drug-likeness (QED) is 0.301. The van der Waals surface area contributed by atoms with Gasteiger partial charge in [-0.3, -0.25) is 9.00 Å². The molecule has 0 unspecified atom stereocenters. The molecule has 1 aromatic heterocycles. The van der Waals surface area contributed by atoms with Crippen molar-refractivity contribution in [1.82, 2.24) is 14.9 Å². The van der Waals surface area contributed by atoms with Gasteiger partial charge in [0.1, 0.15) is 11.6 Å². The minimum Gasteiger partial charge on any atom is -0.508 e. The van der Waals surface area contributed by atoms with Crippen molar-refractivity contribution in [2.24, 2.45) is 5.92 Å². The molecule has 6 rings (SSSR count). The standard InChI is InChI=1S/C33H43N5O4S/c1-3-31(40)36-14-16-37(17-15-36)32-28-10-13-38(30-22-26(39)21-25-8-4-5-9-27(25)30)23-29(28)34-33(35-32)42-18-6-7-24-11-19-43(2,41)20-12-24/h4-5,8-9,21-22,24,39H,2-3,6-7,10-20,23H2,1H3. The molecule has 1 N–H and O–H groups in total. The van der Waals surface area contributed by atoms with Gasteiger partial charge in [-0.2, -0.15) is 9.97 Å². The molecule has 10 heteroatoms. The summed E-state index contributed by atoms with van der Waals surface area (Å²) in [5.74, 6) is 7.30. The summed E-state index contributed by atoms with van der Waals surface area (Å²) in [4.78, 5) is 28.7. The van der Waals surface area contributed by atoms with E-state index in [2.05, 4.69) is 21.7 Å². The molecule has 0 spiro atoms. The number of phenols is 1. The predicted molar refractivity (Wildman–Crippen MR) is 174 cm³/mol. The fourth-order valence-corrected chi connectivity index (χ4v) is 8.41. The zero-order valence-electron chi connectivity index (χ0n) is 25.2. The van der Waals surface area contributed by atoms with Crippen molar-refractivity contribution in [2.45, 2.75) is 52.0 Å². The summed E-state index contributed by atoms with van der Waals surface area (Å²) in [6, 6.07) is 12.2. The van der Waals surface area contributed by atoms with Crippen LogP contribution in [0.5, 0.6) is 11.8 Å². The lowest BCUT2D eigenvalue weighted by Crippen LogP contribution is -2.49. The van der Waals surface area contributed by atoms with Crippen LogP contribution >= 0.6 is 0 Å². The van der Waals surface area contributed by atoms with Crippen LogP contribution in [0.3, 0.4) is 0 Å². The highest BCUT2D eigenvalue weighted by molar-refractivity contribution is 8.00. The molecular weight excluding hydrogens is 562 g/mol. The summed E-state index contributed by atoms with van der Waals surface area (Å²) in [6.07, 6.45) is 5.20. The molecule has 3 aliphatic heterocycles. The van der Waals surface area contributed by atoms with E-state index in [1.54, 1.807) is 6.07 Å². The monoisotopic (exact) mass is 605 g/mol. The van der Waals surface area contributed by atoms with Gasteiger partial charge in [-0.1, -0.05) is 31.2 Å². The summed E-state index contributed by atoms with van der Waals surface area (Å²) in [7, 11) is -1.86. The van der Waals surface area contributed by atoms with Gasteiger partial charge in [-0.25, -0.2) is 0 Å². The average molecular weight is 606 g/mol. The van der Waals surface area contributed by atoms with Gasteiger partial charge in [0.2, 0.25) is 5.91 Å². The van der Waals surface area contributed by atoms with E-state index in [0.29, 0.717) is 44.6 Å². The zero-order valence-corrected chi connectivity index (χ0v) is 26.0. The Bertz CT molecular complexity index is 1570. The first-order valence-electron chi connectivity index (χ1n) is 15.6. The maximum atomic E-state index is 12.3. The summed E-state index contributed by atoms with van der Waals surface area (Å²) in [6.45, 7) is 6.65. The Kier molecular flexibility index (Phi) is 8.66. The minimum absolute atomic E-state index is 0.192. The Balaban J connectivity index is 1.22. The van der Waals surface area contributed by atoms with Crippen molar-refractivity contribution in [2.75, 3.05) is 60.6 Å². The largest absolute Gasteiger partial charge is 0.508 e. The molecule has 2 fully saturated rings. The molecule has 3 aliphatic rings. The highest BCUT2D eigenvalue weighted by atomic mass is 32.2. The Morgan fingerprint density at radius 2 is 1.84 bits per heavy atom. The number of amides is 1. The van der Waals surface area contributed by atoms with Crippen LogP contribution in [-0.2, 0) is 27.3 Å². The third-order valence-electron chi connectivity index (χ3n) is 9.21. The van der Waals surface area contributed by atoms with E-state index in [0.717, 1.165) is 96.8 Å². The van der Waals surface area contributed by atoms with Gasteiger partial charge in [-0.05, 0) is 64.9 Å². The van der Waals surface area contributed by atoms with E-state index in [1.807, 2.05) is 36.1 Å². The molecule has 0 atom stereocenters. The normalized spacial score (nSPS) is 22.4. The van der Waals surface area contributed by atoms with E-state index in [4.69, 9.17) is 14.7 Å². The molecule has 2 saturated heterocycles. The van der Waals surface area contributed by atoms with Crippen molar-refractivity contribution >= 4 is 43.6 Å². The van der Waals surface area contributed by atoms with Crippen LogP contribution in [0.2, 0.25) is 0 Å². The average Bonchev–Trinajstić information content (AvgIpc) is 3.02. The first kappa shape index (κ1) is 29.5. The first-order chi connectivity index (χ1) is 20.8. The number of aromatic hydroxyl groups is 1. The van der Waals surface area contributed by atoms with E-state index in [9.17, 15) is 14.1 Å². The number of nitrogens with zero attached hydrogens (tertiary/aromatic N) is 5. The lowest BCUT2D eigenvalue weighted by atomic mass is 9.97. The molecule has 1 amide bonds. The summed E-state index contributed by atoms with van der Waals surface area (Å²) in [5, 5.41) is 12.6. The van der Waals surface area contributed by atoms with Crippen LogP contribution in [0.25, 0.3) is 10.8 Å². The molecule has 0 bridgehead atoms. The SMILES string of the molecule is C=S1(=O)CCC(CCCOc2nc3c(c(N4CCN(C(=O)CC)CC4)n2)CCN(c2cc(O)cc4ccccc24)C3)CC1. The molecule has 9 nitrogen and oxygen atoms in total. The topological polar surface area (TPSA) is 99.1 Å². The zero-order chi connectivity index (χ0) is 30.0. The van der Waals surface area contributed by atoms with Crippen LogP contribution < -0.4 is 14.5 Å². The number of rotatable bonds is 8. The van der Waals surface area contributed by atoms with E-state index >= 15 is 0 Å². The summed E-state index contributed by atoms with van der Waals surface area (Å²) in [5.41, 5.74) is 3.08. The second-order valence-corrected chi connectivity index (χ2v) is 14.9. The maximum absolute atomic E-state index is 12.3. The van der Waals surface area contributed by atoms with Gasteiger partial charge in [0.15, 0.2) is 0 Å². The van der Waals surface area contributed by atoms with Crippen LogP contribution in [0.4, 0.5) is 11.5 Å². The molecule has 3 aromatic rings. The van der Waals surface area contributed by atoms with Crippen molar-refractivity contribution in [3.05, 3.63) is 47.7 Å². The predicted octanol–water partition coefficient (Wildman–Crippen LogP) is 4.24. The van der Waals surface area contributed by atoms with Crippen LogP contribution in [-0.4, -0.2) is 86.8 Å². The number of fused-ring (bicyclic) bond motifs is 2. The number of hydrogen-bond donors (Lipinski definition) is 1. The minimum atomic E-state index is -1.86. The number of anilines is 2. The third kappa shape index (κ3) is 6.69. The van der Waals surface area contributed by atoms with E-state index in [1.165, 1.54) is 0 Å². The summed E-state index contributed by atoms with van der Waals surface area (Å²) < 4.78 is 18.4. The lowest BCUT2D eigenvalue weighted by molar-refractivity contribution is -0.131. The smallest absolute Gasteiger partial charge is 0.318 e. The van der Waals surface area contributed by atoms with Crippen LogP contribution in [0, 0.1) is 5.92 Å². The Morgan fingerprint density at radius 1 is 1.07 bits per heavy atom. The Labute approximate surface area is 254 Å². The number of carbonyl (C=O) groups is 1. The highest BCUT2D eigenvalue weighted by Crippen LogP contribution is 2.36. The van der Waals surface area contributed by atoms with Crippen LogP contribution in [0.15, 0.2) is 36.4 Å². The Hall–Kier alpha value is -3.53. The van der Waals surface area contributed by atoms with Gasteiger partial charge in [0, 0.05) is 73.4 Å². The molecule has 4 heterocycles. The highest BCUT2D eigenvalue weighted by Gasteiger charge is 2.29. The molecule has 2 aromatic carbocycles. The number of hydrogen-bond acceptors (Lipinski definition) is 8. The van der Waals surface area contributed by atoms with Crippen molar-refractivity contribution in [3.63, 3.8) is 0 Å². The van der Waals surface area contributed by atoms with Crippen molar-refractivity contribution in [1.29, 1.82) is 0 Å². The van der Waals surface area contributed by atoms with Gasteiger partial charge in [-0.15, -0.1) is 0 Å². The van der Waals surface area contributed by atoms with Crippen molar-refractivity contribution < 1.29 is 18.8 Å². The number of benzene rings is 2. The second-order valence-electron chi connectivity index (χ2n) is 12.1. The molecular formula is C33H43N5O4S. The molecule has 0 aliphatic carbocycles. The molecule has 0 radical (unpaired) electrons. The first-order valence-corrected chi connectivity index (χ1v) is 17.7. The number of carbonyl (C=O) groups excluding carboxylic acids is 1. The van der Waals surface area contributed by atoms with E-state index < -0.39 is 9.52 Å². The maximum Gasteiger partial charge on any atom is 0.318 e. The summed E-state index contributed by atoms with van der Waals surface area (Å²) >= 11 is 0. The van der Waals surface area contributed by atoms with Crippen LogP contribution in [0.1, 0.15) is 50.3 Å². The fraction of sp³-hybridized carbons (Fsp3) is 0.515. The number of ether oxygens (including phenoxy) is 1. The fourth-order valence-electron chi connectivity index (χ4n) is 6.68. The molecule has 0 saturated carbocycles. The third-order valence-corrected chi connectivity index (χ3v) is 11.2. The second kappa shape index (κ2) is 12.6. The van der Waals surface area contributed by atoms with E-state index in [-0.39, 0.29) is 11.7 Å². The molecule has 43 heavy (non-hydrogen) atoms. The van der Waals surface area contributed by atoms with Crippen molar-refractivity contribution in [3.8, 4) is 11.8 Å². The number of phenolic OH excluding ortho intramolecular Hbond substituents is 1. The van der Waals surface area contributed by atoms with Gasteiger partial charge < -0.3 is 24.5 Å². The number of piperazine rings is 1. The lowest BCUT2D eigenvalue weighted by Gasteiger charge is -2.38. The van der Waals surface area contributed by atoms with Gasteiger partial charge >= 0.3 is 6.01 Å².